The Kier molecular flexibility index (Phi) is 5.66. The van der Waals surface area contributed by atoms with Gasteiger partial charge in [-0.15, -0.1) is 0 Å². The smallest absolute Gasteiger partial charge is 0.290 e. The Labute approximate surface area is 193 Å². The SMILES string of the molecule is Cc1cccc(C(=O)CC2=C[C@H](c3ccccc3)C3=C(O2)C(=O)N(Cc2ccccc2)C3)c1. The van der Waals surface area contributed by atoms with Crippen LogP contribution in [0.3, 0.4) is 0 Å². The Balaban J connectivity index is 1.43. The first-order chi connectivity index (χ1) is 16.1. The van der Waals surface area contributed by atoms with Crippen molar-refractivity contribution >= 4 is 11.7 Å². The molecule has 2 heterocycles. The van der Waals surface area contributed by atoms with E-state index in [1.54, 1.807) is 0 Å². The molecule has 33 heavy (non-hydrogen) atoms. The van der Waals surface area contributed by atoms with Crippen LogP contribution in [0.25, 0.3) is 0 Å². The monoisotopic (exact) mass is 435 g/mol. The number of aryl methyl sites for hydroxylation is 1. The molecule has 4 nitrogen and oxygen atoms in total. The fraction of sp³-hybridized carbons (Fsp3) is 0.172. The van der Waals surface area contributed by atoms with Crippen molar-refractivity contribution in [1.82, 2.24) is 4.90 Å². The van der Waals surface area contributed by atoms with Gasteiger partial charge in [-0.3, -0.25) is 9.59 Å². The van der Waals surface area contributed by atoms with E-state index >= 15 is 0 Å². The highest BCUT2D eigenvalue weighted by Gasteiger charge is 2.39. The molecule has 2 aliphatic rings. The van der Waals surface area contributed by atoms with Crippen molar-refractivity contribution in [2.75, 3.05) is 6.54 Å². The van der Waals surface area contributed by atoms with Gasteiger partial charge in [0, 0.05) is 30.1 Å². The van der Waals surface area contributed by atoms with E-state index in [-0.39, 0.29) is 24.0 Å². The number of benzene rings is 3. The maximum absolute atomic E-state index is 13.3. The van der Waals surface area contributed by atoms with Crippen molar-refractivity contribution in [3.05, 3.63) is 130 Å². The van der Waals surface area contributed by atoms with E-state index in [1.807, 2.05) is 90.7 Å². The van der Waals surface area contributed by atoms with E-state index in [1.165, 1.54) is 0 Å². The van der Waals surface area contributed by atoms with E-state index in [0.29, 0.717) is 30.2 Å². The Morgan fingerprint density at radius 3 is 2.42 bits per heavy atom. The first-order valence-electron chi connectivity index (χ1n) is 11.2. The minimum atomic E-state index is -0.122. The summed E-state index contributed by atoms with van der Waals surface area (Å²) in [6.45, 7) is 3.00. The zero-order valence-electron chi connectivity index (χ0n) is 18.5. The minimum absolute atomic E-state index is 0.0209. The molecule has 4 heteroatoms. The minimum Gasteiger partial charge on any atom is -0.456 e. The average Bonchev–Trinajstić information content (AvgIpc) is 3.15. The number of hydrogen-bond acceptors (Lipinski definition) is 3. The predicted octanol–water partition coefficient (Wildman–Crippen LogP) is 5.56. The van der Waals surface area contributed by atoms with Crippen LogP contribution in [-0.2, 0) is 16.1 Å². The van der Waals surface area contributed by atoms with Crippen molar-refractivity contribution in [3.63, 3.8) is 0 Å². The van der Waals surface area contributed by atoms with Crippen molar-refractivity contribution in [1.29, 1.82) is 0 Å². The normalized spacial score (nSPS) is 17.5. The highest BCUT2D eigenvalue weighted by molar-refractivity contribution is 5.99. The molecule has 0 N–H and O–H groups in total. The standard InChI is InChI=1S/C29H25NO3/c1-20-9-8-14-23(15-20)27(31)17-24-16-25(22-12-6-3-7-13-22)26-19-30(29(32)28(26)33-24)18-21-10-4-2-5-11-21/h2-16,25H,17-19H2,1H3/t25-/m1/s1. The van der Waals surface area contributed by atoms with Crippen LogP contribution in [0.5, 0.6) is 0 Å². The lowest BCUT2D eigenvalue weighted by molar-refractivity contribution is -0.128. The van der Waals surface area contributed by atoms with Crippen LogP contribution in [0.15, 0.2) is 108 Å². The number of hydrogen-bond donors (Lipinski definition) is 0. The van der Waals surface area contributed by atoms with Crippen LogP contribution in [0.1, 0.15) is 39.4 Å². The number of rotatable bonds is 6. The molecule has 0 aliphatic carbocycles. The second-order valence-electron chi connectivity index (χ2n) is 8.59. The van der Waals surface area contributed by atoms with Gasteiger partial charge < -0.3 is 9.64 Å². The lowest BCUT2D eigenvalue weighted by Crippen LogP contribution is -2.27. The number of carbonyl (C=O) groups excluding carboxylic acids is 2. The van der Waals surface area contributed by atoms with Gasteiger partial charge in [-0.2, -0.15) is 0 Å². The molecular formula is C29H25NO3. The van der Waals surface area contributed by atoms with Crippen LogP contribution in [-0.4, -0.2) is 23.1 Å². The number of carbonyl (C=O) groups is 2. The number of ether oxygens (including phenoxy) is 1. The van der Waals surface area contributed by atoms with Gasteiger partial charge in [-0.25, -0.2) is 0 Å². The molecule has 1 atom stereocenters. The fourth-order valence-corrected chi connectivity index (χ4v) is 4.49. The summed E-state index contributed by atoms with van der Waals surface area (Å²) in [5, 5.41) is 0. The molecule has 1 amide bonds. The van der Waals surface area contributed by atoms with Crippen molar-refractivity contribution in [2.24, 2.45) is 0 Å². The summed E-state index contributed by atoms with van der Waals surface area (Å²) >= 11 is 0. The maximum atomic E-state index is 13.3. The summed E-state index contributed by atoms with van der Waals surface area (Å²) in [4.78, 5) is 28.1. The lowest BCUT2D eigenvalue weighted by atomic mass is 9.88. The van der Waals surface area contributed by atoms with Gasteiger partial charge in [0.15, 0.2) is 11.5 Å². The molecule has 0 spiro atoms. The predicted molar refractivity (Wildman–Crippen MR) is 127 cm³/mol. The van der Waals surface area contributed by atoms with Gasteiger partial charge in [0.2, 0.25) is 0 Å². The van der Waals surface area contributed by atoms with Gasteiger partial charge in [-0.1, -0.05) is 84.4 Å². The van der Waals surface area contributed by atoms with Crippen LogP contribution in [0.4, 0.5) is 0 Å². The average molecular weight is 436 g/mol. The number of Topliss-reactive ketones (excluding diaryl/α,β-unsaturated/α-hetero) is 1. The Morgan fingerprint density at radius 2 is 1.70 bits per heavy atom. The maximum Gasteiger partial charge on any atom is 0.290 e. The largest absolute Gasteiger partial charge is 0.456 e. The van der Waals surface area contributed by atoms with Gasteiger partial charge >= 0.3 is 0 Å². The number of amides is 1. The highest BCUT2D eigenvalue weighted by atomic mass is 16.5. The van der Waals surface area contributed by atoms with E-state index < -0.39 is 0 Å². The van der Waals surface area contributed by atoms with Crippen molar-refractivity contribution in [3.8, 4) is 0 Å². The second-order valence-corrected chi connectivity index (χ2v) is 8.59. The fourth-order valence-electron chi connectivity index (χ4n) is 4.49. The molecule has 0 radical (unpaired) electrons. The van der Waals surface area contributed by atoms with Gasteiger partial charge in [0.05, 0.1) is 6.42 Å². The quantitative estimate of drug-likeness (QED) is 0.476. The van der Waals surface area contributed by atoms with Gasteiger partial charge in [0.1, 0.15) is 5.76 Å². The molecule has 0 saturated heterocycles. The van der Waals surface area contributed by atoms with Crippen LogP contribution < -0.4 is 0 Å². The van der Waals surface area contributed by atoms with E-state index in [4.69, 9.17) is 4.74 Å². The van der Waals surface area contributed by atoms with Crippen LogP contribution >= 0.6 is 0 Å². The van der Waals surface area contributed by atoms with Gasteiger partial charge in [0.25, 0.3) is 5.91 Å². The van der Waals surface area contributed by atoms with E-state index in [0.717, 1.165) is 22.3 Å². The topological polar surface area (TPSA) is 46.6 Å². The van der Waals surface area contributed by atoms with Gasteiger partial charge in [-0.05, 0) is 30.2 Å². The molecule has 0 aromatic heterocycles. The molecule has 5 rings (SSSR count). The zero-order valence-corrected chi connectivity index (χ0v) is 18.5. The molecule has 2 aliphatic heterocycles. The summed E-state index contributed by atoms with van der Waals surface area (Å²) in [6, 6.07) is 27.6. The number of allylic oxidation sites excluding steroid dienone is 2. The summed E-state index contributed by atoms with van der Waals surface area (Å²) in [6.07, 6.45) is 2.12. The third-order valence-corrected chi connectivity index (χ3v) is 6.15. The third-order valence-electron chi connectivity index (χ3n) is 6.15. The number of nitrogens with zero attached hydrogens (tertiary/aromatic N) is 1. The Hall–Kier alpha value is -3.92. The molecular weight excluding hydrogens is 410 g/mol. The lowest BCUT2D eigenvalue weighted by Gasteiger charge is -2.23. The van der Waals surface area contributed by atoms with Crippen LogP contribution in [0.2, 0.25) is 0 Å². The van der Waals surface area contributed by atoms with Crippen molar-refractivity contribution in [2.45, 2.75) is 25.8 Å². The Morgan fingerprint density at radius 1 is 0.970 bits per heavy atom. The molecule has 0 bridgehead atoms. The third kappa shape index (κ3) is 4.37. The summed E-state index contributed by atoms with van der Waals surface area (Å²) in [5.41, 5.74) is 4.80. The molecule has 0 saturated carbocycles. The molecule has 164 valence electrons. The summed E-state index contributed by atoms with van der Waals surface area (Å²) in [7, 11) is 0. The molecule has 3 aromatic rings. The Bertz CT molecular complexity index is 1260. The summed E-state index contributed by atoms with van der Waals surface area (Å²) < 4.78 is 6.09. The van der Waals surface area contributed by atoms with Crippen molar-refractivity contribution < 1.29 is 14.3 Å². The van der Waals surface area contributed by atoms with E-state index in [9.17, 15) is 9.59 Å². The second kappa shape index (κ2) is 8.91. The first kappa shape index (κ1) is 21.0. The highest BCUT2D eigenvalue weighted by Crippen LogP contribution is 2.40. The molecule has 0 unspecified atom stereocenters. The van der Waals surface area contributed by atoms with Crippen LogP contribution in [0, 0.1) is 6.92 Å². The first-order valence-corrected chi connectivity index (χ1v) is 11.2. The zero-order chi connectivity index (χ0) is 22.8. The molecule has 0 fully saturated rings. The summed E-state index contributed by atoms with van der Waals surface area (Å²) in [5.74, 6) is 0.661. The number of ketones is 1. The molecule has 3 aromatic carbocycles. The van der Waals surface area contributed by atoms with E-state index in [2.05, 4.69) is 12.1 Å².